The van der Waals surface area contributed by atoms with Gasteiger partial charge >= 0.3 is 0 Å². The number of rotatable bonds is 9. The Morgan fingerprint density at radius 2 is 1.93 bits per heavy atom. The summed E-state index contributed by atoms with van der Waals surface area (Å²) >= 11 is 0. The van der Waals surface area contributed by atoms with E-state index >= 15 is 0 Å². The van der Waals surface area contributed by atoms with E-state index in [-0.39, 0.29) is 23.7 Å². The second-order valence-corrected chi connectivity index (χ2v) is 7.08. The first-order chi connectivity index (χ1) is 14.2. The molecule has 7 nitrogen and oxygen atoms in total. The van der Waals surface area contributed by atoms with Crippen LogP contribution >= 0.6 is 0 Å². The number of hydrogen-bond acceptors (Lipinski definition) is 6. The van der Waals surface area contributed by atoms with Crippen molar-refractivity contribution in [2.24, 2.45) is 5.10 Å². The third-order valence-electron chi connectivity index (χ3n) is 4.80. The van der Waals surface area contributed by atoms with Gasteiger partial charge in [0.25, 0.3) is 5.91 Å². The first kappa shape index (κ1) is 20.8. The van der Waals surface area contributed by atoms with Crippen LogP contribution < -0.4 is 21.0 Å². The van der Waals surface area contributed by atoms with Gasteiger partial charge in [-0.2, -0.15) is 5.10 Å². The van der Waals surface area contributed by atoms with Crippen molar-refractivity contribution in [2.45, 2.75) is 44.7 Å². The fourth-order valence-corrected chi connectivity index (χ4v) is 3.09. The third-order valence-corrected chi connectivity index (χ3v) is 4.80. The van der Waals surface area contributed by atoms with Gasteiger partial charge in [-0.3, -0.25) is 4.79 Å². The average molecular weight is 396 g/mol. The predicted molar refractivity (Wildman–Crippen MR) is 113 cm³/mol. The molecule has 1 fully saturated rings. The van der Waals surface area contributed by atoms with Gasteiger partial charge in [-0.15, -0.1) is 0 Å². The van der Waals surface area contributed by atoms with Crippen molar-refractivity contribution in [3.05, 3.63) is 59.7 Å². The second kappa shape index (κ2) is 10.6. The van der Waals surface area contributed by atoms with Gasteiger partial charge in [-0.05, 0) is 60.4 Å². The lowest BCUT2D eigenvalue weighted by Gasteiger charge is -2.11. The zero-order valence-electron chi connectivity index (χ0n) is 16.6. The van der Waals surface area contributed by atoms with Gasteiger partial charge in [-0.25, -0.2) is 16.3 Å². The molecule has 2 aromatic rings. The maximum absolute atomic E-state index is 12.3. The number of hydrazine groups is 1. The molecular formula is C22H28N4O3. The molecular weight excluding hydrogens is 368 g/mol. The molecule has 1 heterocycles. The van der Waals surface area contributed by atoms with E-state index in [1.807, 2.05) is 24.3 Å². The largest absolute Gasteiger partial charge is 0.508 e. The molecule has 0 bridgehead atoms. The van der Waals surface area contributed by atoms with Crippen LogP contribution in [0, 0.1) is 0 Å². The Labute approximate surface area is 171 Å². The maximum Gasteiger partial charge on any atom is 0.258 e. The van der Waals surface area contributed by atoms with Crippen LogP contribution in [-0.2, 0) is 4.79 Å². The minimum absolute atomic E-state index is 0.0426. The minimum atomic E-state index is -0.373. The molecule has 0 spiro atoms. The maximum atomic E-state index is 12.3. The Bertz CT molecular complexity index is 806. The van der Waals surface area contributed by atoms with Crippen molar-refractivity contribution in [3.8, 4) is 11.5 Å². The topological polar surface area (TPSA) is 95.0 Å². The van der Waals surface area contributed by atoms with Crippen LogP contribution in [0.4, 0.5) is 0 Å². The number of phenolic OH excluding ortho intramolecular Hbond substituents is 1. The summed E-state index contributed by atoms with van der Waals surface area (Å²) in [7, 11) is 0. The molecule has 1 aliphatic rings. The van der Waals surface area contributed by atoms with Gasteiger partial charge in [0.1, 0.15) is 17.5 Å². The number of benzene rings is 2. The number of hydrazone groups is 1. The molecule has 0 saturated carbocycles. The van der Waals surface area contributed by atoms with Crippen molar-refractivity contribution in [3.63, 3.8) is 0 Å². The lowest BCUT2D eigenvalue weighted by molar-refractivity contribution is -0.122. The molecule has 154 valence electrons. The number of aromatic hydroxyl groups is 1. The number of ether oxygens (including phenoxy) is 1. The highest BCUT2D eigenvalue weighted by Gasteiger charge is 2.30. The van der Waals surface area contributed by atoms with Crippen LogP contribution in [0.1, 0.15) is 49.8 Å². The normalized spacial score (nSPS) is 18.8. The van der Waals surface area contributed by atoms with Gasteiger partial charge in [0.05, 0.1) is 12.8 Å². The monoisotopic (exact) mass is 396 g/mol. The van der Waals surface area contributed by atoms with E-state index in [4.69, 9.17) is 4.74 Å². The summed E-state index contributed by atoms with van der Waals surface area (Å²) in [5.74, 6) is 0.856. The lowest BCUT2D eigenvalue weighted by Crippen LogP contribution is -2.41. The Kier molecular flexibility index (Phi) is 7.61. The van der Waals surface area contributed by atoms with Gasteiger partial charge < -0.3 is 9.84 Å². The molecule has 0 aromatic heterocycles. The molecule has 1 aliphatic heterocycles. The highest BCUT2D eigenvalue weighted by Crippen LogP contribution is 2.24. The van der Waals surface area contributed by atoms with Crippen molar-refractivity contribution in [1.82, 2.24) is 16.3 Å². The Balaban J connectivity index is 1.45. The van der Waals surface area contributed by atoms with E-state index in [2.05, 4.69) is 28.3 Å². The van der Waals surface area contributed by atoms with Gasteiger partial charge in [-0.1, -0.05) is 31.9 Å². The molecule has 29 heavy (non-hydrogen) atoms. The highest BCUT2D eigenvalue weighted by atomic mass is 16.5. The number of carbonyl (C=O) groups is 1. The van der Waals surface area contributed by atoms with Gasteiger partial charge in [0, 0.05) is 6.04 Å². The molecule has 2 atom stereocenters. The Morgan fingerprint density at radius 3 is 2.66 bits per heavy atom. The summed E-state index contributed by atoms with van der Waals surface area (Å²) in [6.07, 6.45) is 5.59. The fraction of sp³-hybridized carbons (Fsp3) is 0.364. The number of hydrogen-bond donors (Lipinski definition) is 4. The third kappa shape index (κ3) is 6.30. The Hall–Kier alpha value is -2.90. The molecule has 7 heteroatoms. The van der Waals surface area contributed by atoms with Gasteiger partial charge in [0.2, 0.25) is 0 Å². The number of nitrogens with zero attached hydrogens (tertiary/aromatic N) is 1. The number of unbranched alkanes of at least 4 members (excludes halogenated alkanes) is 2. The molecule has 2 unspecified atom stereocenters. The summed E-state index contributed by atoms with van der Waals surface area (Å²) in [4.78, 5) is 12.3. The molecule has 2 aromatic carbocycles. The second-order valence-electron chi connectivity index (χ2n) is 7.08. The van der Waals surface area contributed by atoms with Gasteiger partial charge in [0.15, 0.2) is 0 Å². The average Bonchev–Trinajstić information content (AvgIpc) is 3.23. The number of amides is 1. The minimum Gasteiger partial charge on any atom is -0.508 e. The van der Waals surface area contributed by atoms with E-state index in [9.17, 15) is 9.90 Å². The first-order valence-corrected chi connectivity index (χ1v) is 10.0. The van der Waals surface area contributed by atoms with Crippen LogP contribution in [0.25, 0.3) is 0 Å². The van der Waals surface area contributed by atoms with Crippen molar-refractivity contribution < 1.29 is 14.6 Å². The lowest BCUT2D eigenvalue weighted by atomic mass is 10.0. The van der Waals surface area contributed by atoms with E-state index < -0.39 is 0 Å². The summed E-state index contributed by atoms with van der Waals surface area (Å²) in [6, 6.07) is 14.2. The van der Waals surface area contributed by atoms with Crippen molar-refractivity contribution in [2.75, 3.05) is 6.61 Å². The molecule has 3 rings (SSSR count). The molecule has 4 N–H and O–H groups in total. The predicted octanol–water partition coefficient (Wildman–Crippen LogP) is 3.02. The van der Waals surface area contributed by atoms with Crippen LogP contribution in [-0.4, -0.2) is 29.9 Å². The SMILES string of the molecule is CCCCCOc1ccc(C2CC(C(=O)N/N=C/c3ccc(O)cc3)NN2)cc1. The number of nitrogens with one attached hydrogen (secondary N) is 3. The Morgan fingerprint density at radius 1 is 1.17 bits per heavy atom. The zero-order valence-corrected chi connectivity index (χ0v) is 16.6. The molecule has 1 saturated heterocycles. The molecule has 0 radical (unpaired) electrons. The van der Waals surface area contributed by atoms with Crippen molar-refractivity contribution >= 4 is 12.1 Å². The summed E-state index contributed by atoms with van der Waals surface area (Å²) in [5, 5.41) is 13.2. The van der Waals surface area contributed by atoms with E-state index in [0.29, 0.717) is 6.42 Å². The van der Waals surface area contributed by atoms with E-state index in [1.165, 1.54) is 19.1 Å². The first-order valence-electron chi connectivity index (χ1n) is 10.0. The molecule has 1 amide bonds. The van der Waals surface area contributed by atoms with E-state index in [0.717, 1.165) is 29.9 Å². The van der Waals surface area contributed by atoms with Crippen LogP contribution in [0.3, 0.4) is 0 Å². The summed E-state index contributed by atoms with van der Waals surface area (Å²) in [5.41, 5.74) is 10.6. The zero-order chi connectivity index (χ0) is 20.5. The summed E-state index contributed by atoms with van der Waals surface area (Å²) in [6.45, 7) is 2.91. The van der Waals surface area contributed by atoms with Crippen LogP contribution in [0.2, 0.25) is 0 Å². The quantitative estimate of drug-likeness (QED) is 0.297. The molecule has 0 aliphatic carbocycles. The van der Waals surface area contributed by atoms with Crippen LogP contribution in [0.15, 0.2) is 53.6 Å². The number of phenols is 1. The number of carbonyl (C=O) groups excluding carboxylic acids is 1. The van der Waals surface area contributed by atoms with Crippen LogP contribution in [0.5, 0.6) is 11.5 Å². The van der Waals surface area contributed by atoms with E-state index in [1.54, 1.807) is 24.3 Å². The smallest absolute Gasteiger partial charge is 0.258 e. The highest BCUT2D eigenvalue weighted by molar-refractivity contribution is 5.85. The summed E-state index contributed by atoms with van der Waals surface area (Å²) < 4.78 is 5.74. The fourth-order valence-electron chi connectivity index (χ4n) is 3.09. The standard InChI is InChI=1S/C22H28N4O3/c1-2-3-4-13-29-19-11-7-17(8-12-19)20-14-21(25-24-20)22(28)26-23-15-16-5-9-18(27)10-6-16/h5-12,15,20-21,24-25,27H,2-4,13-14H2,1H3,(H,26,28)/b23-15+. The van der Waals surface area contributed by atoms with Crippen molar-refractivity contribution in [1.29, 1.82) is 0 Å².